The molecule has 0 aliphatic rings. The fourth-order valence-corrected chi connectivity index (χ4v) is 0.714. The van der Waals surface area contributed by atoms with Gasteiger partial charge in [-0.25, -0.2) is 10.1 Å². The number of nitriles is 1. The first-order valence-corrected chi connectivity index (χ1v) is 4.01. The van der Waals surface area contributed by atoms with E-state index in [4.69, 9.17) is 25.7 Å². The standard InChI is InChI=1S/C6H8O7.CHNS.K/c7-3(8)1-6(13,5(11)12)2-4(9)10;2-1-3;/h13H,1-2H2,(H,7,8)(H,9,10)(H,11,12);3H;/q;;+1/p-1. The van der Waals surface area contributed by atoms with Crippen molar-refractivity contribution in [3.8, 4) is 5.40 Å². The summed E-state index contributed by atoms with van der Waals surface area (Å²) in [6.07, 6.45) is -2.29. The fourth-order valence-electron chi connectivity index (χ4n) is 0.714. The summed E-state index contributed by atoms with van der Waals surface area (Å²) in [7, 11) is 0. The summed E-state index contributed by atoms with van der Waals surface area (Å²) in [4.78, 5) is 30.5. The average molecular weight is 289 g/mol. The SMILES string of the molecule is N#C[S-].O=C(O)CC(O)(CC(=O)O)C(=O)O.[K+]. The third kappa shape index (κ3) is 12.0. The third-order valence-corrected chi connectivity index (χ3v) is 1.29. The topological polar surface area (TPSA) is 156 Å². The Kier molecular flexibility index (Phi) is 14.0. The molecule has 0 unspecified atom stereocenters. The van der Waals surface area contributed by atoms with Crippen molar-refractivity contribution in [3.05, 3.63) is 0 Å². The molecule has 0 heterocycles. The van der Waals surface area contributed by atoms with E-state index >= 15 is 0 Å². The van der Waals surface area contributed by atoms with E-state index < -0.39 is 36.4 Å². The van der Waals surface area contributed by atoms with Crippen molar-refractivity contribution in [1.82, 2.24) is 0 Å². The summed E-state index contributed by atoms with van der Waals surface area (Å²) in [6, 6.07) is 0. The molecule has 0 aromatic heterocycles. The summed E-state index contributed by atoms with van der Waals surface area (Å²) < 4.78 is 0. The number of carbonyl (C=O) groups is 3. The molecule has 0 bridgehead atoms. The van der Waals surface area contributed by atoms with E-state index in [0.717, 1.165) is 0 Å². The monoisotopic (exact) mass is 289 g/mol. The molecule has 4 N–H and O–H groups in total. The van der Waals surface area contributed by atoms with E-state index in [0.29, 0.717) is 0 Å². The minimum Gasteiger partial charge on any atom is -0.696 e. The van der Waals surface area contributed by atoms with Gasteiger partial charge in [-0.3, -0.25) is 9.59 Å². The molecular weight excluding hydrogens is 281 g/mol. The Balaban J connectivity index is -0.000000440. The smallest absolute Gasteiger partial charge is 0.696 e. The van der Waals surface area contributed by atoms with Gasteiger partial charge in [0.1, 0.15) is 0 Å². The fraction of sp³-hybridized carbons (Fsp3) is 0.429. The Morgan fingerprint density at radius 1 is 1.12 bits per heavy atom. The van der Waals surface area contributed by atoms with Crippen LogP contribution in [0.25, 0.3) is 0 Å². The minimum absolute atomic E-state index is 0. The average Bonchev–Trinajstić information content (AvgIpc) is 2.01. The van der Waals surface area contributed by atoms with Crippen molar-refractivity contribution in [1.29, 1.82) is 5.26 Å². The van der Waals surface area contributed by atoms with Gasteiger partial charge < -0.3 is 33.1 Å². The van der Waals surface area contributed by atoms with Crippen LogP contribution in [0.1, 0.15) is 12.8 Å². The first-order chi connectivity index (χ1) is 7.19. The summed E-state index contributed by atoms with van der Waals surface area (Å²) in [6.45, 7) is 0. The molecule has 0 amide bonds. The zero-order valence-corrected chi connectivity index (χ0v) is 12.7. The molecule has 0 saturated heterocycles. The Labute approximate surface area is 144 Å². The van der Waals surface area contributed by atoms with Gasteiger partial charge in [-0.15, -0.1) is 0 Å². The van der Waals surface area contributed by atoms with Gasteiger partial charge in [-0.2, -0.15) is 0 Å². The van der Waals surface area contributed by atoms with E-state index in [1.807, 2.05) is 0 Å². The molecular formula is C7H8KNO7S. The second-order valence-corrected chi connectivity index (χ2v) is 2.75. The number of nitrogens with zero attached hydrogens (tertiary/aromatic N) is 1. The van der Waals surface area contributed by atoms with Gasteiger partial charge in [0.05, 0.1) is 12.8 Å². The molecule has 0 spiro atoms. The Bertz CT molecular complexity index is 311. The molecule has 0 fully saturated rings. The molecule has 90 valence electrons. The van der Waals surface area contributed by atoms with Crippen molar-refractivity contribution in [2.45, 2.75) is 18.4 Å². The van der Waals surface area contributed by atoms with Crippen LogP contribution in [0.15, 0.2) is 0 Å². The van der Waals surface area contributed by atoms with E-state index in [9.17, 15) is 14.4 Å². The van der Waals surface area contributed by atoms with Gasteiger partial charge in [-0.1, -0.05) is 5.40 Å². The van der Waals surface area contributed by atoms with E-state index in [-0.39, 0.29) is 51.4 Å². The van der Waals surface area contributed by atoms with Crippen LogP contribution >= 0.6 is 0 Å². The normalized spacial score (nSPS) is 8.71. The van der Waals surface area contributed by atoms with Crippen LogP contribution < -0.4 is 51.4 Å². The zero-order chi connectivity index (χ0) is 13.4. The van der Waals surface area contributed by atoms with Gasteiger partial charge in [-0.05, 0) is 0 Å². The van der Waals surface area contributed by atoms with Gasteiger partial charge in [0.25, 0.3) is 0 Å². The number of carboxylic acid groups (broad SMARTS) is 3. The molecule has 0 radical (unpaired) electrons. The van der Waals surface area contributed by atoms with Crippen LogP contribution in [0, 0.1) is 10.7 Å². The van der Waals surface area contributed by atoms with Crippen LogP contribution in [-0.4, -0.2) is 43.9 Å². The van der Waals surface area contributed by atoms with E-state index in [1.54, 1.807) is 0 Å². The maximum absolute atomic E-state index is 10.3. The van der Waals surface area contributed by atoms with Gasteiger partial charge in [0.2, 0.25) is 0 Å². The van der Waals surface area contributed by atoms with Crippen LogP contribution in [0.4, 0.5) is 0 Å². The van der Waals surface area contributed by atoms with Crippen LogP contribution in [0.5, 0.6) is 0 Å². The van der Waals surface area contributed by atoms with E-state index in [1.165, 1.54) is 5.40 Å². The Morgan fingerprint density at radius 2 is 1.35 bits per heavy atom. The maximum Gasteiger partial charge on any atom is 1.00 e. The Hall–Kier alpha value is -0.284. The molecule has 0 aliphatic carbocycles. The van der Waals surface area contributed by atoms with Crippen LogP contribution in [-0.2, 0) is 27.0 Å². The second-order valence-electron chi connectivity index (χ2n) is 2.57. The summed E-state index contributed by atoms with van der Waals surface area (Å²) in [5.74, 6) is -5.02. The van der Waals surface area contributed by atoms with Crippen LogP contribution in [0.3, 0.4) is 0 Å². The minimum atomic E-state index is -2.74. The van der Waals surface area contributed by atoms with E-state index in [2.05, 4.69) is 12.6 Å². The molecule has 10 heteroatoms. The van der Waals surface area contributed by atoms with Gasteiger partial charge >= 0.3 is 69.3 Å². The van der Waals surface area contributed by atoms with Crippen molar-refractivity contribution >= 4 is 30.5 Å². The van der Waals surface area contributed by atoms with Crippen molar-refractivity contribution in [2.24, 2.45) is 0 Å². The number of hydrogen-bond donors (Lipinski definition) is 4. The first kappa shape index (κ1) is 21.9. The summed E-state index contributed by atoms with van der Waals surface area (Å²) >= 11 is 3.70. The van der Waals surface area contributed by atoms with Gasteiger partial charge in [0.15, 0.2) is 5.60 Å². The van der Waals surface area contributed by atoms with Gasteiger partial charge in [0, 0.05) is 0 Å². The number of aliphatic hydroxyl groups is 1. The molecule has 8 nitrogen and oxygen atoms in total. The van der Waals surface area contributed by atoms with Crippen molar-refractivity contribution in [2.75, 3.05) is 0 Å². The maximum atomic E-state index is 10.3. The quantitative estimate of drug-likeness (QED) is 0.224. The molecule has 17 heavy (non-hydrogen) atoms. The molecule has 0 saturated carbocycles. The summed E-state index contributed by atoms with van der Waals surface area (Å²) in [5.41, 5.74) is -2.74. The number of aliphatic carboxylic acids is 3. The first-order valence-electron chi connectivity index (χ1n) is 3.60. The molecule has 0 aliphatic heterocycles. The number of rotatable bonds is 5. The van der Waals surface area contributed by atoms with Crippen LogP contribution in [0.2, 0.25) is 0 Å². The third-order valence-electron chi connectivity index (χ3n) is 1.29. The van der Waals surface area contributed by atoms with Crippen molar-refractivity contribution < 1.29 is 86.2 Å². The van der Waals surface area contributed by atoms with Crippen molar-refractivity contribution in [3.63, 3.8) is 0 Å². The number of carboxylic acids is 3. The zero-order valence-electron chi connectivity index (χ0n) is 8.78. The molecule has 0 atom stereocenters. The number of hydrogen-bond acceptors (Lipinski definition) is 6. The molecule has 0 rings (SSSR count). The predicted octanol–water partition coefficient (Wildman–Crippen LogP) is -4.23. The molecule has 0 aromatic rings. The Morgan fingerprint density at radius 3 is 1.47 bits per heavy atom. The largest absolute Gasteiger partial charge is 1.00 e. The number of thiocyanates is 1. The second kappa shape index (κ2) is 10.8. The predicted molar refractivity (Wildman–Crippen MR) is 50.1 cm³/mol. The summed E-state index contributed by atoms with van der Waals surface area (Å²) in [5, 5.41) is 42.3. The molecule has 0 aromatic carbocycles.